The van der Waals surface area contributed by atoms with Crippen LogP contribution in [0.25, 0.3) is 0 Å². The van der Waals surface area contributed by atoms with Crippen molar-refractivity contribution < 1.29 is 33.4 Å². The number of carbonyl (C=O) groups excluding carboxylic acids is 4. The molecule has 0 spiro atoms. The number of fused-ring (bicyclic) bond motifs is 1. The topological polar surface area (TPSA) is 139 Å². The highest BCUT2D eigenvalue weighted by atomic mass is 16.5. The molecule has 2 N–H and O–H groups in total. The van der Waals surface area contributed by atoms with E-state index in [9.17, 15) is 19.2 Å². The Morgan fingerprint density at radius 3 is 2.21 bits per heavy atom. The van der Waals surface area contributed by atoms with Crippen LogP contribution in [0.3, 0.4) is 0 Å². The molecule has 1 unspecified atom stereocenters. The molecule has 0 aliphatic carbocycles. The molecule has 0 bridgehead atoms. The second-order valence-electron chi connectivity index (χ2n) is 13.5. The molecule has 4 aromatic rings. The maximum atomic E-state index is 13.3. The summed E-state index contributed by atoms with van der Waals surface area (Å²) in [6.07, 6.45) is 0.174. The minimum absolute atomic E-state index is 0.0679. The van der Waals surface area contributed by atoms with Gasteiger partial charge in [0.05, 0.1) is 30.0 Å². The number of ether oxygens (including phenoxy) is 3. The second-order valence-corrected chi connectivity index (χ2v) is 13.5. The smallest absolute Gasteiger partial charge is 0.264 e. The Morgan fingerprint density at radius 1 is 0.846 bits per heavy atom. The Bertz CT molecular complexity index is 1970. The van der Waals surface area contributed by atoms with E-state index in [0.717, 1.165) is 46.4 Å². The molecule has 12 heteroatoms. The number of hydrogen-bond donors (Lipinski definition) is 2. The first kappa shape index (κ1) is 34.7. The number of carbonyl (C=O) groups is 4. The number of benzene rings is 3. The molecule has 2 saturated heterocycles. The third-order valence-corrected chi connectivity index (χ3v) is 9.82. The van der Waals surface area contributed by atoms with Gasteiger partial charge in [-0.25, -0.2) is 4.98 Å². The van der Waals surface area contributed by atoms with Crippen LogP contribution in [0, 0.1) is 0 Å². The van der Waals surface area contributed by atoms with Crippen molar-refractivity contribution in [2.24, 2.45) is 0 Å². The van der Waals surface area contributed by atoms with Crippen molar-refractivity contribution >= 4 is 35.1 Å². The van der Waals surface area contributed by atoms with Crippen molar-refractivity contribution in [3.8, 4) is 11.5 Å². The van der Waals surface area contributed by atoms with Gasteiger partial charge in [0.2, 0.25) is 11.8 Å². The van der Waals surface area contributed by atoms with Gasteiger partial charge in [0.1, 0.15) is 36.6 Å². The van der Waals surface area contributed by atoms with E-state index in [4.69, 9.17) is 19.2 Å². The van der Waals surface area contributed by atoms with Crippen LogP contribution < -0.4 is 25.0 Å². The molecular formula is C40H41N5O7. The number of amides is 4. The van der Waals surface area contributed by atoms with Gasteiger partial charge in [0, 0.05) is 37.2 Å². The van der Waals surface area contributed by atoms with E-state index in [1.807, 2.05) is 42.5 Å². The number of nitrogens with one attached hydrogen (secondary N) is 2. The van der Waals surface area contributed by atoms with Gasteiger partial charge in [0.25, 0.3) is 11.8 Å². The lowest BCUT2D eigenvalue weighted by molar-refractivity contribution is -0.136. The molecule has 12 nitrogen and oxygen atoms in total. The lowest BCUT2D eigenvalue weighted by Crippen LogP contribution is -2.54. The second kappa shape index (κ2) is 14.8. The normalized spacial score (nSPS) is 17.5. The van der Waals surface area contributed by atoms with Crippen molar-refractivity contribution in [1.29, 1.82) is 0 Å². The van der Waals surface area contributed by atoms with Crippen LogP contribution in [0.2, 0.25) is 0 Å². The summed E-state index contributed by atoms with van der Waals surface area (Å²) in [5, 5.41) is 5.42. The van der Waals surface area contributed by atoms with Gasteiger partial charge in [-0.3, -0.25) is 29.4 Å². The summed E-state index contributed by atoms with van der Waals surface area (Å²) in [4.78, 5) is 58.4. The third-order valence-electron chi connectivity index (χ3n) is 9.82. The zero-order chi connectivity index (χ0) is 36.2. The van der Waals surface area contributed by atoms with Crippen LogP contribution in [0.15, 0.2) is 84.9 Å². The minimum Gasteiger partial charge on any atom is -0.492 e. The number of rotatable bonds is 12. The molecule has 52 heavy (non-hydrogen) atoms. The zero-order valence-corrected chi connectivity index (χ0v) is 29.2. The quantitative estimate of drug-likeness (QED) is 0.158. The van der Waals surface area contributed by atoms with Crippen molar-refractivity contribution in [3.05, 3.63) is 113 Å². The Labute approximate surface area is 302 Å². The Hall–Kier alpha value is -5.75. The fourth-order valence-corrected chi connectivity index (χ4v) is 6.79. The molecule has 4 amide bonds. The molecule has 0 radical (unpaired) electrons. The van der Waals surface area contributed by atoms with Crippen molar-refractivity contribution in [3.63, 3.8) is 0 Å². The molecule has 7 rings (SSSR count). The zero-order valence-electron chi connectivity index (χ0n) is 29.2. The van der Waals surface area contributed by atoms with Gasteiger partial charge in [-0.1, -0.05) is 50.2 Å². The average molecular weight is 704 g/mol. The fourth-order valence-electron chi connectivity index (χ4n) is 6.79. The number of pyridine rings is 1. The minimum atomic E-state index is -1.01. The van der Waals surface area contributed by atoms with E-state index in [1.54, 1.807) is 18.2 Å². The Kier molecular flexibility index (Phi) is 9.90. The lowest BCUT2D eigenvalue weighted by Gasteiger charge is -2.28. The molecule has 268 valence electrons. The first-order chi connectivity index (χ1) is 25.2. The number of morpholine rings is 1. The first-order valence-electron chi connectivity index (χ1n) is 17.5. The number of hydrogen-bond acceptors (Lipinski definition) is 10. The lowest BCUT2D eigenvalue weighted by atomic mass is 9.78. The van der Waals surface area contributed by atoms with Gasteiger partial charge >= 0.3 is 0 Å². The molecule has 3 aliphatic heterocycles. The van der Waals surface area contributed by atoms with Crippen molar-refractivity contribution in [1.82, 2.24) is 15.2 Å². The summed E-state index contributed by atoms with van der Waals surface area (Å²) in [5.41, 5.74) is 3.80. The first-order valence-corrected chi connectivity index (χ1v) is 17.5. The van der Waals surface area contributed by atoms with Gasteiger partial charge in [-0.05, 0) is 66.1 Å². The summed E-state index contributed by atoms with van der Waals surface area (Å²) in [7, 11) is 0. The largest absolute Gasteiger partial charge is 0.492 e. The molecule has 0 saturated carbocycles. The highest BCUT2D eigenvalue weighted by Gasteiger charge is 2.45. The Morgan fingerprint density at radius 2 is 1.52 bits per heavy atom. The van der Waals surface area contributed by atoms with Crippen molar-refractivity contribution in [2.75, 3.05) is 49.7 Å². The van der Waals surface area contributed by atoms with Gasteiger partial charge in [-0.15, -0.1) is 0 Å². The van der Waals surface area contributed by atoms with E-state index in [-0.39, 0.29) is 29.4 Å². The molecule has 3 aromatic carbocycles. The summed E-state index contributed by atoms with van der Waals surface area (Å²) in [6.45, 7) is 8.51. The maximum absolute atomic E-state index is 13.3. The number of anilines is 2. The highest BCUT2D eigenvalue weighted by Crippen LogP contribution is 2.34. The summed E-state index contributed by atoms with van der Waals surface area (Å²) in [5.74, 6) is 0.279. The molecule has 4 heterocycles. The van der Waals surface area contributed by atoms with E-state index in [2.05, 4.69) is 53.6 Å². The monoisotopic (exact) mass is 703 g/mol. The predicted octanol–water partition coefficient (Wildman–Crippen LogP) is 4.72. The van der Waals surface area contributed by atoms with E-state index in [0.29, 0.717) is 44.4 Å². The predicted molar refractivity (Wildman–Crippen MR) is 194 cm³/mol. The number of nitrogens with zero attached hydrogens (tertiary/aromatic N) is 3. The molecule has 1 aromatic heterocycles. The van der Waals surface area contributed by atoms with E-state index in [1.165, 1.54) is 0 Å². The molecule has 3 aliphatic rings. The van der Waals surface area contributed by atoms with Crippen molar-refractivity contribution in [2.45, 2.75) is 44.8 Å². The van der Waals surface area contributed by atoms with Crippen LogP contribution in [0.4, 0.5) is 11.5 Å². The average Bonchev–Trinajstić information content (AvgIpc) is 3.42. The summed E-state index contributed by atoms with van der Waals surface area (Å²) in [6, 6.07) is 26.1. The number of imide groups is 2. The summed E-state index contributed by atoms with van der Waals surface area (Å²) < 4.78 is 17.5. The SMILES string of the molecule is CC(C)(c1ccc(OCCNc2cccc3c2C(=O)N(C2CCC(=O)NC2=O)C3=O)cc1)c1ccc(OCc2cccc(N3CCOCC3)n2)cc1. The van der Waals surface area contributed by atoms with E-state index >= 15 is 0 Å². The molecule has 1 atom stereocenters. The molecule has 2 fully saturated rings. The maximum Gasteiger partial charge on any atom is 0.264 e. The molecular weight excluding hydrogens is 662 g/mol. The van der Waals surface area contributed by atoms with Crippen LogP contribution in [0.1, 0.15) is 64.2 Å². The van der Waals surface area contributed by atoms with Crippen LogP contribution in [-0.4, -0.2) is 79.0 Å². The number of piperidine rings is 1. The Balaban J connectivity index is 0.909. The van der Waals surface area contributed by atoms with Gasteiger partial charge < -0.3 is 24.4 Å². The third kappa shape index (κ3) is 7.20. The highest BCUT2D eigenvalue weighted by molar-refractivity contribution is 6.25. The van der Waals surface area contributed by atoms with Crippen LogP contribution in [0.5, 0.6) is 11.5 Å². The van der Waals surface area contributed by atoms with Crippen LogP contribution in [-0.2, 0) is 26.3 Å². The summed E-state index contributed by atoms with van der Waals surface area (Å²) >= 11 is 0. The standard InChI is InChI=1S/C40H41N5O7/c1-40(2,27-11-15-30(16-12-27)52-25-28-5-3-8-34(42-28)44-20-23-50-24-21-44)26-9-13-29(14-10-26)51-22-19-41-32-7-4-6-31-36(32)39(49)45(38(31)48)33-17-18-35(46)43-37(33)47/h3-16,33,41H,17-25H2,1-2H3,(H,43,46,47). The van der Waals surface area contributed by atoms with E-state index < -0.39 is 29.7 Å². The fraction of sp³-hybridized carbons (Fsp3) is 0.325. The van der Waals surface area contributed by atoms with Gasteiger partial charge in [0.15, 0.2) is 0 Å². The van der Waals surface area contributed by atoms with Gasteiger partial charge in [-0.2, -0.15) is 0 Å². The number of aromatic nitrogens is 1. The van der Waals surface area contributed by atoms with Crippen LogP contribution >= 0.6 is 0 Å².